The van der Waals surface area contributed by atoms with E-state index in [1.807, 2.05) is 29.7 Å². The first-order valence-corrected chi connectivity index (χ1v) is 11.8. The van der Waals surface area contributed by atoms with Crippen LogP contribution in [0.3, 0.4) is 0 Å². The molecule has 1 aromatic heterocycles. The number of rotatable bonds is 8. The van der Waals surface area contributed by atoms with Gasteiger partial charge in [0.15, 0.2) is 5.16 Å². The number of hydrogen-bond acceptors (Lipinski definition) is 6. The average molecular weight is 466 g/mol. The zero-order valence-electron chi connectivity index (χ0n) is 18.7. The molecule has 2 heterocycles. The number of carbonyl (C=O) groups is 2. The Hall–Kier alpha value is -3.33. The van der Waals surface area contributed by atoms with Gasteiger partial charge in [-0.2, -0.15) is 0 Å². The van der Waals surface area contributed by atoms with Crippen LogP contribution in [-0.2, 0) is 16.1 Å². The first kappa shape index (κ1) is 22.8. The van der Waals surface area contributed by atoms with Crippen molar-refractivity contribution in [2.75, 3.05) is 24.7 Å². The van der Waals surface area contributed by atoms with E-state index in [2.05, 4.69) is 27.6 Å². The zero-order valence-corrected chi connectivity index (χ0v) is 19.5. The molecule has 172 valence electrons. The van der Waals surface area contributed by atoms with Gasteiger partial charge in [-0.05, 0) is 49.6 Å². The van der Waals surface area contributed by atoms with Crippen LogP contribution in [0.25, 0.3) is 0 Å². The molecule has 2 aromatic carbocycles. The molecule has 8 nitrogen and oxygen atoms in total. The zero-order chi connectivity index (χ0) is 23.2. The number of anilines is 1. The Balaban J connectivity index is 1.36. The molecule has 0 saturated carbocycles. The number of thioether (sulfide) groups is 1. The highest BCUT2D eigenvalue weighted by molar-refractivity contribution is 7.99. The first-order chi connectivity index (χ1) is 16.0. The Morgan fingerprint density at radius 3 is 2.61 bits per heavy atom. The van der Waals surface area contributed by atoms with Crippen molar-refractivity contribution in [3.63, 3.8) is 0 Å². The number of aromatic nitrogens is 3. The van der Waals surface area contributed by atoms with Gasteiger partial charge in [-0.1, -0.05) is 42.1 Å². The minimum Gasteiger partial charge on any atom is -0.497 e. The fourth-order valence-electron chi connectivity index (χ4n) is 3.86. The van der Waals surface area contributed by atoms with Crippen LogP contribution >= 0.6 is 11.8 Å². The number of amides is 2. The van der Waals surface area contributed by atoms with Crippen LogP contribution in [0.2, 0.25) is 0 Å². The standard InChI is InChI=1S/C24H27N5O3S/c1-17-26-27-24(29(17)15-18-7-4-3-5-8-18)33-16-22(30)28-14-6-9-21(28)23(31)25-19-10-12-20(32-2)13-11-19/h3-5,7-8,10-13,21H,6,9,14-16H2,1-2H3,(H,25,31). The van der Waals surface area contributed by atoms with Gasteiger partial charge in [0.05, 0.1) is 19.4 Å². The van der Waals surface area contributed by atoms with Crippen LogP contribution in [0.15, 0.2) is 59.8 Å². The van der Waals surface area contributed by atoms with Gasteiger partial charge in [0, 0.05) is 12.2 Å². The Bertz CT molecular complexity index is 1100. The molecule has 1 saturated heterocycles. The van der Waals surface area contributed by atoms with Gasteiger partial charge >= 0.3 is 0 Å². The number of nitrogens with zero attached hydrogens (tertiary/aromatic N) is 4. The number of ether oxygens (including phenoxy) is 1. The number of benzene rings is 2. The maximum Gasteiger partial charge on any atom is 0.247 e. The largest absolute Gasteiger partial charge is 0.497 e. The highest BCUT2D eigenvalue weighted by Crippen LogP contribution is 2.24. The molecule has 4 rings (SSSR count). The smallest absolute Gasteiger partial charge is 0.247 e. The lowest BCUT2D eigenvalue weighted by Gasteiger charge is -2.24. The minimum absolute atomic E-state index is 0.0701. The SMILES string of the molecule is COc1ccc(NC(=O)C2CCCN2C(=O)CSc2nnc(C)n2Cc2ccccc2)cc1. The third-order valence-electron chi connectivity index (χ3n) is 5.64. The van der Waals surface area contributed by atoms with Crippen LogP contribution in [0, 0.1) is 6.92 Å². The number of likely N-dealkylation sites (tertiary alicyclic amines) is 1. The van der Waals surface area contributed by atoms with E-state index in [9.17, 15) is 9.59 Å². The highest BCUT2D eigenvalue weighted by atomic mass is 32.2. The van der Waals surface area contributed by atoms with E-state index in [1.165, 1.54) is 11.8 Å². The summed E-state index contributed by atoms with van der Waals surface area (Å²) >= 11 is 1.36. The molecule has 1 N–H and O–H groups in total. The van der Waals surface area contributed by atoms with Crippen molar-refractivity contribution < 1.29 is 14.3 Å². The second-order valence-electron chi connectivity index (χ2n) is 7.85. The van der Waals surface area contributed by atoms with Crippen molar-refractivity contribution >= 4 is 29.3 Å². The Morgan fingerprint density at radius 1 is 1.12 bits per heavy atom. The monoisotopic (exact) mass is 465 g/mol. The Kier molecular flexibility index (Phi) is 7.29. The molecular formula is C24H27N5O3S. The number of hydrogen-bond donors (Lipinski definition) is 1. The number of carbonyl (C=O) groups excluding carboxylic acids is 2. The first-order valence-electron chi connectivity index (χ1n) is 10.9. The van der Waals surface area contributed by atoms with Crippen molar-refractivity contribution in [3.05, 3.63) is 66.0 Å². The summed E-state index contributed by atoms with van der Waals surface area (Å²) in [4.78, 5) is 27.5. The van der Waals surface area contributed by atoms with Crippen LogP contribution in [0.4, 0.5) is 5.69 Å². The van der Waals surface area contributed by atoms with Gasteiger partial charge in [-0.25, -0.2) is 0 Å². The molecule has 0 radical (unpaired) electrons. The summed E-state index contributed by atoms with van der Waals surface area (Å²) < 4.78 is 7.15. The maximum absolute atomic E-state index is 13.0. The summed E-state index contributed by atoms with van der Waals surface area (Å²) in [5.41, 5.74) is 1.82. The van der Waals surface area contributed by atoms with Crippen molar-refractivity contribution in [1.29, 1.82) is 0 Å². The number of nitrogens with one attached hydrogen (secondary N) is 1. The topological polar surface area (TPSA) is 89.3 Å². The van der Waals surface area contributed by atoms with Crippen LogP contribution in [0.1, 0.15) is 24.2 Å². The van der Waals surface area contributed by atoms with Crippen molar-refractivity contribution in [1.82, 2.24) is 19.7 Å². The molecule has 33 heavy (non-hydrogen) atoms. The number of aryl methyl sites for hydroxylation is 1. The molecule has 1 fully saturated rings. The van der Waals surface area contributed by atoms with E-state index >= 15 is 0 Å². The van der Waals surface area contributed by atoms with E-state index < -0.39 is 6.04 Å². The van der Waals surface area contributed by atoms with Gasteiger partial charge < -0.3 is 19.5 Å². The summed E-state index contributed by atoms with van der Waals surface area (Å²) in [5, 5.41) is 12.0. The van der Waals surface area contributed by atoms with Crippen LogP contribution in [-0.4, -0.2) is 56.9 Å². The quantitative estimate of drug-likeness (QED) is 0.513. The summed E-state index contributed by atoms with van der Waals surface area (Å²) in [5.74, 6) is 1.49. The molecule has 2 amide bonds. The summed E-state index contributed by atoms with van der Waals surface area (Å²) in [6, 6.07) is 16.8. The molecular weight excluding hydrogens is 438 g/mol. The van der Waals surface area contributed by atoms with E-state index in [-0.39, 0.29) is 17.6 Å². The molecule has 0 spiro atoms. The van der Waals surface area contributed by atoms with Gasteiger partial charge in [0.25, 0.3) is 0 Å². The predicted octanol–water partition coefficient (Wildman–Crippen LogP) is 3.37. The lowest BCUT2D eigenvalue weighted by Crippen LogP contribution is -2.44. The van der Waals surface area contributed by atoms with Gasteiger partial charge in [0.1, 0.15) is 17.6 Å². The van der Waals surface area contributed by atoms with Gasteiger partial charge in [0.2, 0.25) is 11.8 Å². The van der Waals surface area contributed by atoms with Crippen molar-refractivity contribution in [2.24, 2.45) is 0 Å². The van der Waals surface area contributed by atoms with Crippen molar-refractivity contribution in [2.45, 2.75) is 37.5 Å². The van der Waals surface area contributed by atoms with Crippen LogP contribution < -0.4 is 10.1 Å². The van der Waals surface area contributed by atoms with E-state index in [1.54, 1.807) is 36.3 Å². The lowest BCUT2D eigenvalue weighted by molar-refractivity contribution is -0.134. The molecule has 1 aliphatic rings. The molecule has 1 unspecified atom stereocenters. The van der Waals surface area contributed by atoms with E-state index in [4.69, 9.17) is 4.74 Å². The fourth-order valence-corrected chi connectivity index (χ4v) is 4.73. The predicted molar refractivity (Wildman–Crippen MR) is 127 cm³/mol. The second kappa shape index (κ2) is 10.5. The maximum atomic E-state index is 13.0. The van der Waals surface area contributed by atoms with Gasteiger partial charge in [-0.3, -0.25) is 9.59 Å². The molecule has 1 atom stereocenters. The third-order valence-corrected chi connectivity index (χ3v) is 6.59. The highest BCUT2D eigenvalue weighted by Gasteiger charge is 2.34. The normalized spacial score (nSPS) is 15.5. The Morgan fingerprint density at radius 2 is 1.88 bits per heavy atom. The molecule has 3 aromatic rings. The Labute approximate surface area is 197 Å². The average Bonchev–Trinajstić information content (AvgIpc) is 3.46. The van der Waals surface area contributed by atoms with Crippen LogP contribution in [0.5, 0.6) is 5.75 Å². The van der Waals surface area contributed by atoms with Gasteiger partial charge in [-0.15, -0.1) is 10.2 Å². The summed E-state index contributed by atoms with van der Waals surface area (Å²) in [6.07, 6.45) is 1.46. The lowest BCUT2D eigenvalue weighted by atomic mass is 10.2. The second-order valence-corrected chi connectivity index (χ2v) is 8.80. The number of methoxy groups -OCH3 is 1. The third kappa shape index (κ3) is 5.54. The summed E-state index contributed by atoms with van der Waals surface area (Å²) in [6.45, 7) is 3.13. The van der Waals surface area contributed by atoms with E-state index in [0.29, 0.717) is 30.4 Å². The molecule has 9 heteroatoms. The molecule has 0 aliphatic carbocycles. The van der Waals surface area contributed by atoms with Crippen molar-refractivity contribution in [3.8, 4) is 5.75 Å². The fraction of sp³-hybridized carbons (Fsp3) is 0.333. The minimum atomic E-state index is -0.468. The van der Waals surface area contributed by atoms with E-state index in [0.717, 1.165) is 23.6 Å². The molecule has 0 bridgehead atoms. The summed E-state index contributed by atoms with van der Waals surface area (Å²) in [7, 11) is 1.60. The molecule has 1 aliphatic heterocycles.